The molecule has 0 saturated heterocycles. The fourth-order valence-corrected chi connectivity index (χ4v) is 2.59. The molecule has 1 aliphatic rings. The van der Waals surface area contributed by atoms with Crippen molar-refractivity contribution in [2.75, 3.05) is 0 Å². The molecule has 0 aliphatic heterocycles. The van der Waals surface area contributed by atoms with Crippen LogP contribution in [0.15, 0.2) is 12.4 Å². The molecule has 1 unspecified atom stereocenters. The zero-order valence-electron chi connectivity index (χ0n) is 10.2. The SMILES string of the molecule is CCC(NC1CCCCCC1)c1ncc[nH]1. The van der Waals surface area contributed by atoms with Crippen molar-refractivity contribution in [3.05, 3.63) is 18.2 Å². The lowest BCUT2D eigenvalue weighted by molar-refractivity contribution is 0.382. The summed E-state index contributed by atoms with van der Waals surface area (Å²) in [5, 5.41) is 3.75. The van der Waals surface area contributed by atoms with Crippen molar-refractivity contribution in [3.8, 4) is 0 Å². The van der Waals surface area contributed by atoms with E-state index in [2.05, 4.69) is 22.2 Å². The molecule has 2 N–H and O–H groups in total. The Morgan fingerprint density at radius 1 is 1.38 bits per heavy atom. The fourth-order valence-electron chi connectivity index (χ4n) is 2.59. The molecule has 1 fully saturated rings. The van der Waals surface area contributed by atoms with Crippen LogP contribution in [0.5, 0.6) is 0 Å². The number of nitrogens with zero attached hydrogens (tertiary/aromatic N) is 1. The molecule has 0 spiro atoms. The lowest BCUT2D eigenvalue weighted by Crippen LogP contribution is -2.32. The Labute approximate surface area is 98.1 Å². The highest BCUT2D eigenvalue weighted by molar-refractivity contribution is 4.96. The molecule has 0 aromatic carbocycles. The molecule has 1 atom stereocenters. The molecule has 3 heteroatoms. The van der Waals surface area contributed by atoms with Gasteiger partial charge in [-0.15, -0.1) is 0 Å². The van der Waals surface area contributed by atoms with Gasteiger partial charge < -0.3 is 10.3 Å². The minimum atomic E-state index is 0.401. The van der Waals surface area contributed by atoms with Crippen molar-refractivity contribution in [3.63, 3.8) is 0 Å². The number of nitrogens with one attached hydrogen (secondary N) is 2. The van der Waals surface area contributed by atoms with Gasteiger partial charge in [0.1, 0.15) is 5.82 Å². The van der Waals surface area contributed by atoms with Gasteiger partial charge in [0.2, 0.25) is 0 Å². The van der Waals surface area contributed by atoms with E-state index in [-0.39, 0.29) is 0 Å². The van der Waals surface area contributed by atoms with Crippen molar-refractivity contribution in [2.45, 2.75) is 64.0 Å². The van der Waals surface area contributed by atoms with E-state index in [1.807, 2.05) is 12.4 Å². The van der Waals surface area contributed by atoms with Gasteiger partial charge in [-0.25, -0.2) is 4.98 Å². The summed E-state index contributed by atoms with van der Waals surface area (Å²) in [6.07, 6.45) is 13.1. The summed E-state index contributed by atoms with van der Waals surface area (Å²) in [4.78, 5) is 7.58. The Kier molecular flexibility index (Phi) is 4.40. The smallest absolute Gasteiger partial charge is 0.123 e. The molecular weight excluding hydrogens is 198 g/mol. The van der Waals surface area contributed by atoms with E-state index in [1.165, 1.54) is 38.5 Å². The van der Waals surface area contributed by atoms with Gasteiger partial charge in [0.15, 0.2) is 0 Å². The third-order valence-corrected chi connectivity index (χ3v) is 3.55. The number of aromatic amines is 1. The summed E-state index contributed by atoms with van der Waals surface area (Å²) in [6.45, 7) is 2.22. The number of aromatic nitrogens is 2. The molecule has 1 saturated carbocycles. The molecule has 1 heterocycles. The minimum Gasteiger partial charge on any atom is -0.347 e. The number of hydrogen-bond acceptors (Lipinski definition) is 2. The summed E-state index contributed by atoms with van der Waals surface area (Å²) in [5.74, 6) is 1.09. The average molecular weight is 221 g/mol. The first-order valence-corrected chi connectivity index (χ1v) is 6.65. The van der Waals surface area contributed by atoms with Gasteiger partial charge in [-0.2, -0.15) is 0 Å². The fraction of sp³-hybridized carbons (Fsp3) is 0.769. The van der Waals surface area contributed by atoms with Gasteiger partial charge in [-0.1, -0.05) is 32.6 Å². The third-order valence-electron chi connectivity index (χ3n) is 3.55. The monoisotopic (exact) mass is 221 g/mol. The van der Waals surface area contributed by atoms with E-state index < -0.39 is 0 Å². The van der Waals surface area contributed by atoms with Gasteiger partial charge in [-0.3, -0.25) is 0 Å². The van der Waals surface area contributed by atoms with Crippen LogP contribution >= 0.6 is 0 Å². The quantitative estimate of drug-likeness (QED) is 0.767. The number of hydrogen-bond donors (Lipinski definition) is 2. The van der Waals surface area contributed by atoms with Crippen LogP contribution in [-0.2, 0) is 0 Å². The zero-order valence-corrected chi connectivity index (χ0v) is 10.2. The summed E-state index contributed by atoms with van der Waals surface area (Å²) in [6, 6.07) is 1.09. The van der Waals surface area contributed by atoms with Crippen LogP contribution in [0.3, 0.4) is 0 Å². The average Bonchev–Trinajstić information content (AvgIpc) is 2.71. The first kappa shape index (κ1) is 11.6. The second-order valence-electron chi connectivity index (χ2n) is 4.79. The molecule has 3 nitrogen and oxygen atoms in total. The van der Waals surface area contributed by atoms with E-state index >= 15 is 0 Å². The van der Waals surface area contributed by atoms with Crippen LogP contribution in [0.1, 0.15) is 63.7 Å². The molecule has 0 bridgehead atoms. The molecule has 1 aliphatic carbocycles. The Balaban J connectivity index is 1.90. The largest absolute Gasteiger partial charge is 0.347 e. The number of H-pyrrole nitrogens is 1. The maximum absolute atomic E-state index is 4.36. The maximum atomic E-state index is 4.36. The van der Waals surface area contributed by atoms with E-state index in [0.29, 0.717) is 12.1 Å². The summed E-state index contributed by atoms with van der Waals surface area (Å²) < 4.78 is 0. The molecule has 16 heavy (non-hydrogen) atoms. The highest BCUT2D eigenvalue weighted by atomic mass is 15.0. The predicted molar refractivity (Wildman–Crippen MR) is 66.2 cm³/mol. The first-order chi connectivity index (χ1) is 7.90. The minimum absolute atomic E-state index is 0.401. The Morgan fingerprint density at radius 3 is 2.69 bits per heavy atom. The third kappa shape index (κ3) is 3.08. The van der Waals surface area contributed by atoms with Crippen molar-refractivity contribution >= 4 is 0 Å². The molecule has 2 rings (SSSR count). The summed E-state index contributed by atoms with van der Waals surface area (Å²) >= 11 is 0. The lowest BCUT2D eigenvalue weighted by atomic mass is 10.1. The first-order valence-electron chi connectivity index (χ1n) is 6.65. The molecule has 1 aromatic heterocycles. The van der Waals surface area contributed by atoms with E-state index in [9.17, 15) is 0 Å². The molecule has 90 valence electrons. The highest BCUT2D eigenvalue weighted by Gasteiger charge is 2.18. The van der Waals surface area contributed by atoms with E-state index in [1.54, 1.807) is 0 Å². The highest BCUT2D eigenvalue weighted by Crippen LogP contribution is 2.21. The van der Waals surface area contributed by atoms with Gasteiger partial charge in [0.25, 0.3) is 0 Å². The summed E-state index contributed by atoms with van der Waals surface area (Å²) in [7, 11) is 0. The Hall–Kier alpha value is -0.830. The van der Waals surface area contributed by atoms with Crippen LogP contribution < -0.4 is 5.32 Å². The van der Waals surface area contributed by atoms with Gasteiger partial charge in [-0.05, 0) is 19.3 Å². The Bertz CT molecular complexity index is 273. The molecule has 0 amide bonds. The van der Waals surface area contributed by atoms with Crippen LogP contribution in [0.4, 0.5) is 0 Å². The standard InChI is InChI=1S/C13H23N3/c1-2-12(13-14-9-10-15-13)16-11-7-5-3-4-6-8-11/h9-12,16H,2-8H2,1H3,(H,14,15). The zero-order chi connectivity index (χ0) is 11.2. The van der Waals surface area contributed by atoms with Gasteiger partial charge in [0.05, 0.1) is 6.04 Å². The van der Waals surface area contributed by atoms with Crippen LogP contribution in [-0.4, -0.2) is 16.0 Å². The van der Waals surface area contributed by atoms with Gasteiger partial charge in [0, 0.05) is 18.4 Å². The van der Waals surface area contributed by atoms with E-state index in [4.69, 9.17) is 0 Å². The Morgan fingerprint density at radius 2 is 2.12 bits per heavy atom. The van der Waals surface area contributed by atoms with Crippen LogP contribution in [0.25, 0.3) is 0 Å². The second-order valence-corrected chi connectivity index (χ2v) is 4.79. The van der Waals surface area contributed by atoms with Crippen molar-refractivity contribution < 1.29 is 0 Å². The van der Waals surface area contributed by atoms with Gasteiger partial charge >= 0.3 is 0 Å². The molecule has 0 radical (unpaired) electrons. The van der Waals surface area contributed by atoms with Crippen molar-refractivity contribution in [1.82, 2.24) is 15.3 Å². The predicted octanol–water partition coefficient (Wildman–Crippen LogP) is 3.17. The number of rotatable bonds is 4. The van der Waals surface area contributed by atoms with Crippen LogP contribution in [0.2, 0.25) is 0 Å². The molecule has 1 aromatic rings. The second kappa shape index (κ2) is 6.04. The topological polar surface area (TPSA) is 40.7 Å². The van der Waals surface area contributed by atoms with Crippen molar-refractivity contribution in [1.29, 1.82) is 0 Å². The lowest BCUT2D eigenvalue weighted by Gasteiger charge is -2.22. The summed E-state index contributed by atoms with van der Waals surface area (Å²) in [5.41, 5.74) is 0. The van der Waals surface area contributed by atoms with E-state index in [0.717, 1.165) is 12.2 Å². The van der Waals surface area contributed by atoms with Crippen LogP contribution in [0, 0.1) is 0 Å². The normalized spacial score (nSPS) is 20.6. The maximum Gasteiger partial charge on any atom is 0.123 e. The van der Waals surface area contributed by atoms with Crippen molar-refractivity contribution in [2.24, 2.45) is 0 Å². The molecular formula is C13H23N3. The number of imidazole rings is 1.